The van der Waals surface area contributed by atoms with E-state index in [4.69, 9.17) is 19.9 Å². The Labute approximate surface area is 90.9 Å². The van der Waals surface area contributed by atoms with Gasteiger partial charge in [-0.3, -0.25) is 4.79 Å². The molecule has 1 aromatic carbocycles. The number of hydrogen-bond donors (Lipinski definition) is 1. The maximum Gasteiger partial charge on any atom is 0.231 e. The molecule has 0 fully saturated rings. The molecule has 2 N–H and O–H groups in total. The predicted molar refractivity (Wildman–Crippen MR) is 52.5 cm³/mol. The third-order valence-corrected chi connectivity index (χ3v) is 2.25. The molecule has 5 nitrogen and oxygen atoms in total. The zero-order valence-corrected chi connectivity index (χ0v) is 8.58. The molecule has 16 heavy (non-hydrogen) atoms. The molecule has 86 valence electrons. The highest BCUT2D eigenvalue weighted by Crippen LogP contribution is 2.41. The van der Waals surface area contributed by atoms with Gasteiger partial charge in [0, 0.05) is 0 Å². The lowest BCUT2D eigenvalue weighted by Crippen LogP contribution is -2.15. The van der Waals surface area contributed by atoms with E-state index >= 15 is 0 Å². The van der Waals surface area contributed by atoms with Crippen molar-refractivity contribution in [3.8, 4) is 17.2 Å². The van der Waals surface area contributed by atoms with Crippen LogP contribution in [0, 0.1) is 5.82 Å². The molecule has 1 aromatic rings. The fourth-order valence-electron chi connectivity index (χ4n) is 1.50. The maximum absolute atomic E-state index is 13.8. The van der Waals surface area contributed by atoms with Crippen molar-refractivity contribution in [2.24, 2.45) is 5.73 Å². The molecule has 0 spiro atoms. The maximum atomic E-state index is 13.8. The molecule has 0 aromatic heterocycles. The first-order valence-corrected chi connectivity index (χ1v) is 4.58. The van der Waals surface area contributed by atoms with Gasteiger partial charge in [-0.2, -0.15) is 4.39 Å². The number of benzene rings is 1. The predicted octanol–water partition coefficient (Wildman–Crippen LogP) is 0.704. The second-order valence-electron chi connectivity index (χ2n) is 3.13. The molecule has 0 atom stereocenters. The Kier molecular flexibility index (Phi) is 2.66. The summed E-state index contributed by atoms with van der Waals surface area (Å²) in [5.41, 5.74) is 5.29. The summed E-state index contributed by atoms with van der Waals surface area (Å²) in [4.78, 5) is 11.5. The third kappa shape index (κ3) is 1.47. The van der Waals surface area contributed by atoms with Crippen molar-refractivity contribution < 1.29 is 23.4 Å². The first-order valence-electron chi connectivity index (χ1n) is 4.58. The zero-order chi connectivity index (χ0) is 11.7. The van der Waals surface area contributed by atoms with E-state index in [-0.39, 0.29) is 36.1 Å². The average molecular weight is 227 g/mol. The van der Waals surface area contributed by atoms with Crippen molar-refractivity contribution in [3.05, 3.63) is 17.4 Å². The summed E-state index contributed by atoms with van der Waals surface area (Å²) >= 11 is 0. The lowest BCUT2D eigenvalue weighted by Gasteiger charge is -2.09. The topological polar surface area (TPSA) is 70.8 Å². The molecule has 6 heteroatoms. The first-order chi connectivity index (χ1) is 7.69. The number of carbonyl (C=O) groups is 1. The quantitative estimate of drug-likeness (QED) is 0.770. The highest BCUT2D eigenvalue weighted by molar-refractivity contribution is 6.00. The Morgan fingerprint density at radius 3 is 3.00 bits per heavy atom. The number of hydrogen-bond acceptors (Lipinski definition) is 5. The van der Waals surface area contributed by atoms with Crippen LogP contribution in [0.2, 0.25) is 0 Å². The Morgan fingerprint density at radius 2 is 2.38 bits per heavy atom. The highest BCUT2D eigenvalue weighted by Gasteiger charge is 2.27. The molecule has 0 radical (unpaired) electrons. The van der Waals surface area contributed by atoms with E-state index in [0.717, 1.165) is 0 Å². The number of Topliss-reactive ketones (excluding diaryl/α,β-unsaturated/α-hetero) is 1. The number of methoxy groups -OCH3 is 1. The van der Waals surface area contributed by atoms with E-state index < -0.39 is 11.6 Å². The molecular formula is C10H10FNO4. The second-order valence-corrected chi connectivity index (χ2v) is 3.13. The van der Waals surface area contributed by atoms with Gasteiger partial charge >= 0.3 is 0 Å². The summed E-state index contributed by atoms with van der Waals surface area (Å²) in [6, 6.07) is 1.37. The first kappa shape index (κ1) is 10.7. The van der Waals surface area contributed by atoms with Gasteiger partial charge in [-0.05, 0) is 6.07 Å². The molecule has 0 saturated heterocycles. The third-order valence-electron chi connectivity index (χ3n) is 2.25. The van der Waals surface area contributed by atoms with Gasteiger partial charge in [0.25, 0.3) is 0 Å². The van der Waals surface area contributed by atoms with Crippen LogP contribution in [0.25, 0.3) is 0 Å². The van der Waals surface area contributed by atoms with Crippen LogP contribution in [0.5, 0.6) is 17.2 Å². The molecule has 0 bridgehead atoms. The van der Waals surface area contributed by atoms with Gasteiger partial charge in [0.15, 0.2) is 17.3 Å². The summed E-state index contributed by atoms with van der Waals surface area (Å²) in [5.74, 6) is -1.18. The minimum Gasteiger partial charge on any atom is -0.493 e. The van der Waals surface area contributed by atoms with Gasteiger partial charge in [0.2, 0.25) is 18.4 Å². The fraction of sp³-hybridized carbons (Fsp3) is 0.300. The molecule has 0 amide bonds. The number of rotatable bonds is 3. The number of fused-ring (bicyclic) bond motifs is 1. The summed E-state index contributed by atoms with van der Waals surface area (Å²) in [7, 11) is 1.27. The van der Waals surface area contributed by atoms with Gasteiger partial charge in [0.1, 0.15) is 0 Å². The van der Waals surface area contributed by atoms with Crippen LogP contribution in [0.15, 0.2) is 6.07 Å². The Morgan fingerprint density at radius 1 is 1.62 bits per heavy atom. The standard InChI is InChI=1S/C10H10FNO4/c1-14-9-5(6(13)3-12)2-7-10(8(9)11)16-4-15-7/h2H,3-4,12H2,1H3. The molecule has 1 aliphatic heterocycles. The minimum atomic E-state index is -0.741. The summed E-state index contributed by atoms with van der Waals surface area (Å²) in [5, 5.41) is 0. The van der Waals surface area contributed by atoms with Crippen LogP contribution in [-0.4, -0.2) is 26.2 Å². The van der Waals surface area contributed by atoms with E-state index in [1.54, 1.807) is 0 Å². The van der Waals surface area contributed by atoms with E-state index in [1.807, 2.05) is 0 Å². The van der Waals surface area contributed by atoms with Crippen molar-refractivity contribution in [1.82, 2.24) is 0 Å². The molecule has 0 saturated carbocycles. The van der Waals surface area contributed by atoms with Crippen LogP contribution >= 0.6 is 0 Å². The van der Waals surface area contributed by atoms with Crippen LogP contribution in [-0.2, 0) is 0 Å². The van der Waals surface area contributed by atoms with Crippen LogP contribution in [0.4, 0.5) is 4.39 Å². The van der Waals surface area contributed by atoms with Crippen molar-refractivity contribution in [3.63, 3.8) is 0 Å². The minimum absolute atomic E-state index is 0.0366. The Balaban J connectivity index is 2.61. The largest absolute Gasteiger partial charge is 0.493 e. The molecule has 0 aliphatic carbocycles. The summed E-state index contributed by atoms with van der Waals surface area (Å²) in [6.07, 6.45) is 0. The summed E-state index contributed by atoms with van der Waals surface area (Å²) < 4.78 is 28.6. The van der Waals surface area contributed by atoms with Gasteiger partial charge < -0.3 is 19.9 Å². The van der Waals surface area contributed by atoms with E-state index in [1.165, 1.54) is 13.2 Å². The van der Waals surface area contributed by atoms with Gasteiger partial charge in [0.05, 0.1) is 19.2 Å². The van der Waals surface area contributed by atoms with Crippen LogP contribution < -0.4 is 19.9 Å². The number of ether oxygens (including phenoxy) is 3. The van der Waals surface area contributed by atoms with Gasteiger partial charge in [-0.25, -0.2) is 0 Å². The van der Waals surface area contributed by atoms with E-state index in [0.29, 0.717) is 0 Å². The molecule has 1 heterocycles. The number of nitrogens with two attached hydrogens (primary N) is 1. The second kappa shape index (κ2) is 3.97. The SMILES string of the molecule is COc1c(C(=O)CN)cc2c(c1F)OCO2. The van der Waals surface area contributed by atoms with Crippen molar-refractivity contribution in [2.45, 2.75) is 0 Å². The molecule has 0 unspecified atom stereocenters. The average Bonchev–Trinajstić information content (AvgIpc) is 2.76. The van der Waals surface area contributed by atoms with Crippen molar-refractivity contribution >= 4 is 5.78 Å². The number of carbonyl (C=O) groups excluding carboxylic acids is 1. The monoisotopic (exact) mass is 227 g/mol. The van der Waals surface area contributed by atoms with Gasteiger partial charge in [-0.15, -0.1) is 0 Å². The number of ketones is 1. The Hall–Kier alpha value is -1.82. The molecular weight excluding hydrogens is 217 g/mol. The van der Waals surface area contributed by atoms with E-state index in [2.05, 4.69) is 0 Å². The lowest BCUT2D eigenvalue weighted by molar-refractivity contribution is 0.0997. The smallest absolute Gasteiger partial charge is 0.231 e. The normalized spacial score (nSPS) is 12.7. The van der Waals surface area contributed by atoms with Crippen LogP contribution in [0.3, 0.4) is 0 Å². The molecule has 2 rings (SSSR count). The summed E-state index contributed by atoms with van der Waals surface area (Å²) in [6.45, 7) is -0.300. The highest BCUT2D eigenvalue weighted by atomic mass is 19.1. The fourth-order valence-corrected chi connectivity index (χ4v) is 1.50. The van der Waals surface area contributed by atoms with Gasteiger partial charge in [-0.1, -0.05) is 0 Å². The Bertz CT molecular complexity index is 447. The number of halogens is 1. The zero-order valence-electron chi connectivity index (χ0n) is 8.58. The molecule has 1 aliphatic rings. The lowest BCUT2D eigenvalue weighted by atomic mass is 10.1. The van der Waals surface area contributed by atoms with E-state index in [9.17, 15) is 9.18 Å². The van der Waals surface area contributed by atoms with Crippen LogP contribution in [0.1, 0.15) is 10.4 Å². The van der Waals surface area contributed by atoms with Crippen molar-refractivity contribution in [1.29, 1.82) is 0 Å². The van der Waals surface area contributed by atoms with Crippen molar-refractivity contribution in [2.75, 3.05) is 20.4 Å².